The molecule has 0 saturated heterocycles. The Hall–Kier alpha value is -2.45. The molecule has 1 saturated carbocycles. The van der Waals surface area contributed by atoms with E-state index in [1.807, 2.05) is 0 Å². The molecule has 2 aromatic rings. The van der Waals surface area contributed by atoms with Crippen molar-refractivity contribution >= 4 is 39.0 Å². The summed E-state index contributed by atoms with van der Waals surface area (Å²) in [5, 5.41) is 2.59. The predicted octanol–water partition coefficient (Wildman–Crippen LogP) is 3.88. The van der Waals surface area contributed by atoms with Gasteiger partial charge in [-0.3, -0.25) is 9.59 Å². The summed E-state index contributed by atoms with van der Waals surface area (Å²) >= 11 is 6.02. The van der Waals surface area contributed by atoms with Gasteiger partial charge in [-0.25, -0.2) is 12.8 Å². The summed E-state index contributed by atoms with van der Waals surface area (Å²) in [6.07, 6.45) is 3.42. The number of hydrogen-bond donors (Lipinski definition) is 1. The van der Waals surface area contributed by atoms with Crippen molar-refractivity contribution in [1.29, 1.82) is 0 Å². The van der Waals surface area contributed by atoms with Gasteiger partial charge in [-0.05, 0) is 37.1 Å². The van der Waals surface area contributed by atoms with Crippen LogP contribution in [0.15, 0.2) is 47.4 Å². The summed E-state index contributed by atoms with van der Waals surface area (Å²) in [5.74, 6) is -1.82. The normalized spacial score (nSPS) is 15.6. The molecule has 0 heterocycles. The van der Waals surface area contributed by atoms with Crippen molar-refractivity contribution in [2.24, 2.45) is 0 Å². The second kappa shape index (κ2) is 8.73. The maximum Gasteiger partial charge on any atom is 0.317 e. The van der Waals surface area contributed by atoms with Gasteiger partial charge < -0.3 is 10.1 Å². The van der Waals surface area contributed by atoms with E-state index in [-0.39, 0.29) is 21.2 Å². The van der Waals surface area contributed by atoms with Crippen LogP contribution in [0, 0.1) is 5.82 Å². The van der Waals surface area contributed by atoms with Crippen LogP contribution in [-0.2, 0) is 29.6 Å². The smallest absolute Gasteiger partial charge is 0.317 e. The fraction of sp³-hybridized carbons (Fsp3) is 0.333. The monoisotopic (exact) mass is 453 g/mol. The number of anilines is 1. The Morgan fingerprint density at radius 1 is 1.17 bits per heavy atom. The average Bonchev–Trinajstić information content (AvgIpc) is 3.18. The number of benzene rings is 2. The third-order valence-electron chi connectivity index (χ3n) is 5.21. The molecule has 0 spiro atoms. The number of halogens is 2. The fourth-order valence-electron chi connectivity index (χ4n) is 3.70. The van der Waals surface area contributed by atoms with Crippen molar-refractivity contribution < 1.29 is 27.1 Å². The predicted molar refractivity (Wildman–Crippen MR) is 111 cm³/mol. The molecule has 1 N–H and O–H groups in total. The third kappa shape index (κ3) is 4.65. The summed E-state index contributed by atoms with van der Waals surface area (Å²) < 4.78 is 43.0. The van der Waals surface area contributed by atoms with Gasteiger partial charge in [-0.15, -0.1) is 0 Å². The average molecular weight is 454 g/mol. The number of nitrogens with one attached hydrogen (secondary N) is 1. The largest absolute Gasteiger partial charge is 0.455 e. The van der Waals surface area contributed by atoms with Gasteiger partial charge in [0.1, 0.15) is 5.82 Å². The topological polar surface area (TPSA) is 89.5 Å². The Morgan fingerprint density at radius 3 is 2.47 bits per heavy atom. The van der Waals surface area contributed by atoms with Gasteiger partial charge in [0, 0.05) is 11.8 Å². The first kappa shape index (κ1) is 22.2. The number of ether oxygens (including phenoxy) is 1. The van der Waals surface area contributed by atoms with Crippen LogP contribution >= 0.6 is 11.6 Å². The highest BCUT2D eigenvalue weighted by Gasteiger charge is 2.45. The van der Waals surface area contributed by atoms with Crippen LogP contribution in [0.1, 0.15) is 31.2 Å². The summed E-state index contributed by atoms with van der Waals surface area (Å²) in [6.45, 7) is -0.603. The first-order valence-corrected chi connectivity index (χ1v) is 11.6. The molecule has 160 valence electrons. The molecular weight excluding hydrogens is 433 g/mol. The zero-order chi connectivity index (χ0) is 21.9. The Labute approximate surface area is 179 Å². The molecule has 0 aromatic heterocycles. The van der Waals surface area contributed by atoms with E-state index in [1.54, 1.807) is 18.2 Å². The Bertz CT molecular complexity index is 1080. The number of rotatable bonds is 6. The number of carbonyl (C=O) groups is 2. The first-order chi connectivity index (χ1) is 14.1. The molecule has 3 rings (SSSR count). The molecule has 1 fully saturated rings. The molecule has 6 nitrogen and oxygen atoms in total. The van der Waals surface area contributed by atoms with Gasteiger partial charge in [-0.1, -0.05) is 42.6 Å². The minimum atomic E-state index is -3.49. The lowest BCUT2D eigenvalue weighted by atomic mass is 9.78. The first-order valence-electron chi connectivity index (χ1n) is 9.35. The molecule has 0 aliphatic heterocycles. The maximum absolute atomic E-state index is 14.4. The number of esters is 1. The summed E-state index contributed by atoms with van der Waals surface area (Å²) in [5.41, 5.74) is -0.749. The van der Waals surface area contributed by atoms with Crippen LogP contribution in [0.4, 0.5) is 10.1 Å². The molecule has 0 radical (unpaired) electrons. The van der Waals surface area contributed by atoms with Gasteiger partial charge >= 0.3 is 5.97 Å². The molecule has 1 aliphatic rings. The molecule has 0 atom stereocenters. The molecule has 2 aromatic carbocycles. The summed E-state index contributed by atoms with van der Waals surface area (Å²) in [4.78, 5) is 25.1. The van der Waals surface area contributed by atoms with Gasteiger partial charge in [0.05, 0.1) is 21.0 Å². The Balaban J connectivity index is 1.71. The quantitative estimate of drug-likeness (QED) is 0.670. The Kier molecular flexibility index (Phi) is 6.47. The zero-order valence-corrected chi connectivity index (χ0v) is 17.9. The lowest BCUT2D eigenvalue weighted by Gasteiger charge is -2.27. The van der Waals surface area contributed by atoms with E-state index in [4.69, 9.17) is 16.3 Å². The number of hydrogen-bond acceptors (Lipinski definition) is 5. The van der Waals surface area contributed by atoms with E-state index >= 15 is 0 Å². The fourth-order valence-corrected chi connectivity index (χ4v) is 4.51. The van der Waals surface area contributed by atoms with Gasteiger partial charge in [-0.2, -0.15) is 0 Å². The van der Waals surface area contributed by atoms with E-state index in [2.05, 4.69) is 5.32 Å². The van der Waals surface area contributed by atoms with Crippen molar-refractivity contribution in [3.05, 3.63) is 58.9 Å². The summed E-state index contributed by atoms with van der Waals surface area (Å²) in [7, 11) is -3.49. The van der Waals surface area contributed by atoms with Crippen molar-refractivity contribution in [1.82, 2.24) is 0 Å². The second-order valence-electron chi connectivity index (χ2n) is 7.31. The zero-order valence-electron chi connectivity index (χ0n) is 16.3. The molecule has 30 heavy (non-hydrogen) atoms. The van der Waals surface area contributed by atoms with Gasteiger partial charge in [0.2, 0.25) is 0 Å². The minimum absolute atomic E-state index is 0.0105. The lowest BCUT2D eigenvalue weighted by Crippen LogP contribution is -2.37. The lowest BCUT2D eigenvalue weighted by molar-refractivity contribution is -0.153. The molecule has 0 bridgehead atoms. The van der Waals surface area contributed by atoms with Crippen LogP contribution in [0.2, 0.25) is 5.02 Å². The van der Waals surface area contributed by atoms with Crippen molar-refractivity contribution in [2.75, 3.05) is 18.2 Å². The van der Waals surface area contributed by atoms with Crippen LogP contribution < -0.4 is 5.32 Å². The van der Waals surface area contributed by atoms with E-state index in [0.717, 1.165) is 19.1 Å². The number of sulfone groups is 1. The van der Waals surface area contributed by atoms with E-state index in [9.17, 15) is 22.4 Å². The van der Waals surface area contributed by atoms with Gasteiger partial charge in [0.25, 0.3) is 5.91 Å². The van der Waals surface area contributed by atoms with E-state index in [0.29, 0.717) is 12.8 Å². The maximum atomic E-state index is 14.4. The molecule has 0 unspecified atom stereocenters. The van der Waals surface area contributed by atoms with Crippen molar-refractivity contribution in [3.8, 4) is 0 Å². The number of amides is 1. The molecular formula is C21H21ClFNO5S. The van der Waals surface area contributed by atoms with E-state index < -0.39 is 39.6 Å². The van der Waals surface area contributed by atoms with E-state index in [1.165, 1.54) is 24.3 Å². The van der Waals surface area contributed by atoms with Crippen LogP contribution in [0.3, 0.4) is 0 Å². The highest BCUT2D eigenvalue weighted by molar-refractivity contribution is 7.90. The minimum Gasteiger partial charge on any atom is -0.455 e. The van der Waals surface area contributed by atoms with Gasteiger partial charge in [0.15, 0.2) is 16.4 Å². The highest BCUT2D eigenvalue weighted by atomic mass is 35.5. The second-order valence-corrected chi connectivity index (χ2v) is 9.73. The van der Waals surface area contributed by atoms with Crippen LogP contribution in [-0.4, -0.2) is 33.2 Å². The van der Waals surface area contributed by atoms with Crippen LogP contribution in [0.5, 0.6) is 0 Å². The molecule has 1 amide bonds. The highest BCUT2D eigenvalue weighted by Crippen LogP contribution is 2.43. The number of carbonyl (C=O) groups excluding carboxylic acids is 2. The third-order valence-corrected chi connectivity index (χ3v) is 6.65. The standard InChI is InChI=1S/C21H21ClFNO5S/c1-30(27,28)14-8-9-16(22)18(12-14)24-19(25)13-29-20(26)21(10-4-5-11-21)15-6-2-3-7-17(15)23/h2-3,6-9,12H,4-5,10-11,13H2,1H3,(H,24,25). The SMILES string of the molecule is CS(=O)(=O)c1ccc(Cl)c(NC(=O)COC(=O)C2(c3ccccc3F)CCCC2)c1. The molecule has 9 heteroatoms. The Morgan fingerprint density at radius 2 is 1.83 bits per heavy atom. The molecule has 1 aliphatic carbocycles. The van der Waals surface area contributed by atoms with Crippen LogP contribution in [0.25, 0.3) is 0 Å². The van der Waals surface area contributed by atoms with Crippen molar-refractivity contribution in [2.45, 2.75) is 36.0 Å². The summed E-state index contributed by atoms with van der Waals surface area (Å²) in [6, 6.07) is 9.99. The van der Waals surface area contributed by atoms with Crippen molar-refractivity contribution in [3.63, 3.8) is 0 Å².